The lowest BCUT2D eigenvalue weighted by Crippen LogP contribution is -2.45. The molecule has 210 valence electrons. The highest BCUT2D eigenvalue weighted by molar-refractivity contribution is 5.81. The molecular weight excluding hydrogens is 514 g/mol. The number of hydrogen-bond donors (Lipinski definition) is 3. The second-order valence-corrected chi connectivity index (χ2v) is 10.6. The van der Waals surface area contributed by atoms with Gasteiger partial charge in [0, 0.05) is 25.2 Å². The molecule has 2 aliphatic carbocycles. The molecule has 4 atom stereocenters. The first-order valence-corrected chi connectivity index (χ1v) is 12.9. The van der Waals surface area contributed by atoms with Crippen LogP contribution in [0.5, 0.6) is 0 Å². The molecule has 3 N–H and O–H groups in total. The van der Waals surface area contributed by atoms with Gasteiger partial charge in [0.25, 0.3) is 0 Å². The first-order chi connectivity index (χ1) is 17.8. The molecular formula is C26H32F6N4O2. The van der Waals surface area contributed by atoms with Gasteiger partial charge < -0.3 is 15.6 Å². The molecule has 2 amide bonds. The molecule has 0 bridgehead atoms. The highest BCUT2D eigenvalue weighted by Crippen LogP contribution is 2.42. The van der Waals surface area contributed by atoms with Crippen LogP contribution in [-0.2, 0) is 9.59 Å². The number of nitrogens with zero attached hydrogens (tertiary/aromatic N) is 1. The first-order valence-electron chi connectivity index (χ1n) is 12.9. The van der Waals surface area contributed by atoms with Crippen LogP contribution >= 0.6 is 0 Å². The van der Waals surface area contributed by atoms with Crippen molar-refractivity contribution in [1.29, 1.82) is 0 Å². The Morgan fingerprint density at radius 3 is 2.45 bits per heavy atom. The normalized spacial score (nSPS) is 23.4. The molecule has 1 heterocycles. The van der Waals surface area contributed by atoms with E-state index in [0.717, 1.165) is 0 Å². The van der Waals surface area contributed by atoms with E-state index in [2.05, 4.69) is 20.6 Å². The van der Waals surface area contributed by atoms with E-state index in [1.165, 1.54) is 0 Å². The Hall–Kier alpha value is -2.79. The molecule has 4 rings (SSSR count). The van der Waals surface area contributed by atoms with Gasteiger partial charge in [-0.05, 0) is 62.1 Å². The van der Waals surface area contributed by atoms with Gasteiger partial charge in [-0.25, -0.2) is 13.8 Å². The number of alkyl halides is 6. The first kappa shape index (κ1) is 28.2. The number of amides is 2. The van der Waals surface area contributed by atoms with Gasteiger partial charge in [0.1, 0.15) is 5.82 Å². The minimum Gasteiger partial charge on any atom is -0.350 e. The molecule has 2 aliphatic rings. The van der Waals surface area contributed by atoms with Crippen LogP contribution in [0.25, 0.3) is 11.0 Å². The lowest BCUT2D eigenvalue weighted by Gasteiger charge is -2.37. The summed E-state index contributed by atoms with van der Waals surface area (Å²) in [7, 11) is 0. The van der Waals surface area contributed by atoms with Gasteiger partial charge in [-0.3, -0.25) is 14.0 Å². The number of benzene rings is 1. The topological polar surface area (TPSA) is 86.9 Å². The van der Waals surface area contributed by atoms with Crippen molar-refractivity contribution in [2.75, 3.05) is 6.67 Å². The van der Waals surface area contributed by atoms with E-state index in [9.17, 15) is 35.9 Å². The van der Waals surface area contributed by atoms with Crippen molar-refractivity contribution >= 4 is 22.8 Å². The van der Waals surface area contributed by atoms with Crippen molar-refractivity contribution in [2.45, 2.75) is 82.5 Å². The van der Waals surface area contributed by atoms with Crippen LogP contribution < -0.4 is 10.6 Å². The second kappa shape index (κ2) is 11.1. The highest BCUT2D eigenvalue weighted by Gasteiger charge is 2.42. The van der Waals surface area contributed by atoms with Crippen LogP contribution in [0.2, 0.25) is 0 Å². The predicted octanol–water partition coefficient (Wildman–Crippen LogP) is 6.06. The summed E-state index contributed by atoms with van der Waals surface area (Å²) < 4.78 is 78.1. The van der Waals surface area contributed by atoms with Gasteiger partial charge in [0.15, 0.2) is 0 Å². The number of rotatable bonds is 9. The van der Waals surface area contributed by atoms with E-state index < -0.39 is 55.5 Å². The number of nitrogens with one attached hydrogen (secondary N) is 3. The van der Waals surface area contributed by atoms with E-state index in [1.807, 2.05) is 0 Å². The standard InChI is InChI=1S/C26H32F6N4O2/c1-14(33-21(37)8-11-26(30,31)32)16-3-5-19-20(12-16)35-23(34-19)22(15-6-9-25(28,29)10-7-15)36-24(38)18-4-2-17(18)13-27/h3,5,12,14-15,17-18,22H,2,4,6-11,13H2,1H3,(H,33,37)(H,34,35)(H,36,38)/t14-,17?,18?,22+/m1/s1. The highest BCUT2D eigenvalue weighted by atomic mass is 19.4. The SMILES string of the molecule is C[C@@H](NC(=O)CCC(F)(F)F)c1ccc2nc([C@@H](NC(=O)C3CCC3CF)C3CCC(F)(F)CC3)[nH]c2c1. The van der Waals surface area contributed by atoms with Crippen LogP contribution in [0.4, 0.5) is 26.3 Å². The Labute approximate surface area is 216 Å². The molecule has 1 aromatic heterocycles. The van der Waals surface area contributed by atoms with Crippen molar-refractivity contribution in [3.63, 3.8) is 0 Å². The summed E-state index contributed by atoms with van der Waals surface area (Å²) in [5.41, 5.74) is 1.75. The zero-order valence-electron chi connectivity index (χ0n) is 21.0. The summed E-state index contributed by atoms with van der Waals surface area (Å²) in [6, 6.07) is 3.85. The Bertz CT molecular complexity index is 1140. The van der Waals surface area contributed by atoms with E-state index >= 15 is 0 Å². The number of carbonyl (C=O) groups excluding carboxylic acids is 2. The molecule has 2 fully saturated rings. The summed E-state index contributed by atoms with van der Waals surface area (Å²) in [5.74, 6) is -4.45. The third-order valence-corrected chi connectivity index (χ3v) is 7.82. The Morgan fingerprint density at radius 1 is 1.13 bits per heavy atom. The number of hydrogen-bond acceptors (Lipinski definition) is 3. The van der Waals surface area contributed by atoms with Crippen LogP contribution in [0.3, 0.4) is 0 Å². The lowest BCUT2D eigenvalue weighted by atomic mass is 9.73. The van der Waals surface area contributed by atoms with Gasteiger partial charge in [0.2, 0.25) is 17.7 Å². The minimum atomic E-state index is -4.42. The number of halogens is 6. The third-order valence-electron chi connectivity index (χ3n) is 7.82. The van der Waals surface area contributed by atoms with Crippen LogP contribution in [0, 0.1) is 17.8 Å². The second-order valence-electron chi connectivity index (χ2n) is 10.6. The van der Waals surface area contributed by atoms with Crippen LogP contribution in [0.15, 0.2) is 18.2 Å². The van der Waals surface area contributed by atoms with E-state index in [1.54, 1.807) is 25.1 Å². The molecule has 38 heavy (non-hydrogen) atoms. The van der Waals surface area contributed by atoms with Gasteiger partial charge in [-0.1, -0.05) is 6.07 Å². The average Bonchev–Trinajstić information content (AvgIpc) is 3.24. The summed E-state index contributed by atoms with van der Waals surface area (Å²) in [6.45, 7) is 1.06. The van der Waals surface area contributed by atoms with Crippen molar-refractivity contribution in [3.8, 4) is 0 Å². The quantitative estimate of drug-likeness (QED) is 0.334. The van der Waals surface area contributed by atoms with Gasteiger partial charge in [-0.15, -0.1) is 0 Å². The molecule has 0 spiro atoms. The molecule has 6 nitrogen and oxygen atoms in total. The van der Waals surface area contributed by atoms with Gasteiger partial charge >= 0.3 is 6.18 Å². The summed E-state index contributed by atoms with van der Waals surface area (Å²) in [4.78, 5) is 32.6. The fraction of sp³-hybridized carbons (Fsp3) is 0.654. The Balaban J connectivity index is 1.52. The maximum absolute atomic E-state index is 13.8. The van der Waals surface area contributed by atoms with Crippen LogP contribution in [-0.4, -0.2) is 40.6 Å². The fourth-order valence-corrected chi connectivity index (χ4v) is 5.28. The van der Waals surface area contributed by atoms with E-state index in [4.69, 9.17) is 0 Å². The molecule has 2 unspecified atom stereocenters. The number of fused-ring (bicyclic) bond motifs is 1. The smallest absolute Gasteiger partial charge is 0.350 e. The van der Waals surface area contributed by atoms with E-state index in [0.29, 0.717) is 35.3 Å². The molecule has 1 aromatic carbocycles. The number of aromatic nitrogens is 2. The monoisotopic (exact) mass is 546 g/mol. The summed E-state index contributed by atoms with van der Waals surface area (Å²) in [5, 5.41) is 5.51. The van der Waals surface area contributed by atoms with Crippen molar-refractivity contribution in [2.24, 2.45) is 17.8 Å². The zero-order chi connectivity index (χ0) is 27.7. The molecule has 12 heteroatoms. The largest absolute Gasteiger partial charge is 0.389 e. The Morgan fingerprint density at radius 2 is 1.84 bits per heavy atom. The van der Waals surface area contributed by atoms with Crippen molar-refractivity contribution in [3.05, 3.63) is 29.6 Å². The van der Waals surface area contributed by atoms with Gasteiger partial charge in [-0.2, -0.15) is 13.2 Å². The zero-order valence-corrected chi connectivity index (χ0v) is 21.0. The molecule has 2 saturated carbocycles. The molecule has 2 aromatic rings. The average molecular weight is 547 g/mol. The third kappa shape index (κ3) is 6.79. The summed E-state index contributed by atoms with van der Waals surface area (Å²) >= 11 is 0. The van der Waals surface area contributed by atoms with Crippen molar-refractivity contribution < 1.29 is 35.9 Å². The van der Waals surface area contributed by atoms with E-state index in [-0.39, 0.29) is 43.4 Å². The van der Waals surface area contributed by atoms with Crippen molar-refractivity contribution in [1.82, 2.24) is 20.6 Å². The number of H-pyrrole nitrogens is 1. The maximum Gasteiger partial charge on any atom is 0.389 e. The molecule has 0 aliphatic heterocycles. The molecule has 0 saturated heterocycles. The van der Waals surface area contributed by atoms with Gasteiger partial charge in [0.05, 0.1) is 36.2 Å². The molecule has 0 radical (unpaired) electrons. The lowest BCUT2D eigenvalue weighted by molar-refractivity contribution is -0.144. The Kier molecular flexibility index (Phi) is 8.27. The number of aromatic amines is 1. The number of imidazole rings is 1. The minimum absolute atomic E-state index is 0.193. The predicted molar refractivity (Wildman–Crippen MR) is 128 cm³/mol. The van der Waals surface area contributed by atoms with Crippen LogP contribution in [0.1, 0.15) is 81.8 Å². The fourth-order valence-electron chi connectivity index (χ4n) is 5.28. The summed E-state index contributed by atoms with van der Waals surface area (Å²) in [6.07, 6.45) is -5.29. The maximum atomic E-state index is 13.8. The number of carbonyl (C=O) groups is 2.